The third-order valence-electron chi connectivity index (χ3n) is 4.91. The minimum Gasteiger partial charge on any atom is -0.466 e. The molecule has 0 bridgehead atoms. The summed E-state index contributed by atoms with van der Waals surface area (Å²) in [5.74, 6) is -0.721. The zero-order valence-corrected chi connectivity index (χ0v) is 15.2. The van der Waals surface area contributed by atoms with E-state index < -0.39 is 5.97 Å². The van der Waals surface area contributed by atoms with Crippen molar-refractivity contribution in [2.75, 3.05) is 20.3 Å². The van der Waals surface area contributed by atoms with Crippen LogP contribution >= 0.6 is 11.6 Å². The van der Waals surface area contributed by atoms with Gasteiger partial charge in [0.1, 0.15) is 0 Å². The van der Waals surface area contributed by atoms with Gasteiger partial charge in [0.2, 0.25) is 5.91 Å². The van der Waals surface area contributed by atoms with Gasteiger partial charge in [0.05, 0.1) is 25.3 Å². The van der Waals surface area contributed by atoms with Gasteiger partial charge in [-0.05, 0) is 37.5 Å². The van der Waals surface area contributed by atoms with Crippen LogP contribution in [0.3, 0.4) is 0 Å². The SMILES string of the molecule is COC(=O)C1=C(C)N(C[C@H]2CCCO2)C(=O)CC1c1ccc(Cl)cc1. The molecule has 2 aliphatic heterocycles. The molecular formula is C19H22ClNO4. The van der Waals surface area contributed by atoms with Crippen LogP contribution in [0.25, 0.3) is 0 Å². The standard InChI is InChI=1S/C19H22ClNO4/c1-12-18(19(23)24-2)16(13-5-7-14(20)8-6-13)10-17(22)21(12)11-15-4-3-9-25-15/h5-8,15-16H,3-4,9-11H2,1-2H3/t15-,16?/m1/s1. The van der Waals surface area contributed by atoms with Crippen LogP contribution in [-0.4, -0.2) is 43.1 Å². The van der Waals surface area contributed by atoms with Crippen LogP contribution in [0, 0.1) is 0 Å². The summed E-state index contributed by atoms with van der Waals surface area (Å²) in [6, 6.07) is 7.24. The van der Waals surface area contributed by atoms with Crippen molar-refractivity contribution in [3.63, 3.8) is 0 Å². The monoisotopic (exact) mass is 363 g/mol. The second-order valence-electron chi connectivity index (χ2n) is 6.44. The first-order chi connectivity index (χ1) is 12.0. The second-order valence-corrected chi connectivity index (χ2v) is 6.87. The van der Waals surface area contributed by atoms with E-state index in [0.29, 0.717) is 22.8 Å². The first-order valence-corrected chi connectivity index (χ1v) is 8.85. The van der Waals surface area contributed by atoms with Crippen molar-refractivity contribution in [1.29, 1.82) is 0 Å². The van der Waals surface area contributed by atoms with Gasteiger partial charge in [0.25, 0.3) is 0 Å². The van der Waals surface area contributed by atoms with E-state index in [1.165, 1.54) is 7.11 Å². The molecule has 5 nitrogen and oxygen atoms in total. The number of rotatable bonds is 4. The molecule has 3 rings (SSSR count). The summed E-state index contributed by atoms with van der Waals surface area (Å²) in [5.41, 5.74) is 2.07. The summed E-state index contributed by atoms with van der Waals surface area (Å²) in [5, 5.41) is 0.617. The van der Waals surface area contributed by atoms with E-state index in [2.05, 4.69) is 0 Å². The van der Waals surface area contributed by atoms with Gasteiger partial charge in [-0.3, -0.25) is 4.79 Å². The molecule has 0 spiro atoms. The number of carbonyl (C=O) groups is 2. The van der Waals surface area contributed by atoms with Crippen LogP contribution in [-0.2, 0) is 19.1 Å². The number of benzene rings is 1. The van der Waals surface area contributed by atoms with Crippen molar-refractivity contribution in [2.24, 2.45) is 0 Å². The van der Waals surface area contributed by atoms with Crippen molar-refractivity contribution in [2.45, 2.75) is 38.2 Å². The highest BCUT2D eigenvalue weighted by Crippen LogP contribution is 2.37. The molecule has 134 valence electrons. The van der Waals surface area contributed by atoms with Gasteiger partial charge in [0.15, 0.2) is 0 Å². The molecule has 0 aromatic heterocycles. The van der Waals surface area contributed by atoms with Gasteiger partial charge in [-0.15, -0.1) is 0 Å². The van der Waals surface area contributed by atoms with E-state index in [9.17, 15) is 9.59 Å². The first-order valence-electron chi connectivity index (χ1n) is 8.47. The van der Waals surface area contributed by atoms with E-state index in [1.807, 2.05) is 12.1 Å². The summed E-state index contributed by atoms with van der Waals surface area (Å²) >= 11 is 5.96. The zero-order valence-electron chi connectivity index (χ0n) is 14.5. The molecule has 1 aromatic rings. The Morgan fingerprint density at radius 1 is 1.36 bits per heavy atom. The molecule has 0 saturated carbocycles. The first kappa shape index (κ1) is 18.0. The Morgan fingerprint density at radius 2 is 2.08 bits per heavy atom. The molecule has 1 unspecified atom stereocenters. The van der Waals surface area contributed by atoms with Gasteiger partial charge in [-0.1, -0.05) is 23.7 Å². The smallest absolute Gasteiger partial charge is 0.336 e. The molecule has 0 N–H and O–H groups in total. The Balaban J connectivity index is 1.96. The lowest BCUT2D eigenvalue weighted by Crippen LogP contribution is -2.42. The number of nitrogens with zero attached hydrogens (tertiary/aromatic N) is 1. The minimum atomic E-state index is -0.401. The fourth-order valence-corrected chi connectivity index (χ4v) is 3.71. The average Bonchev–Trinajstić information content (AvgIpc) is 3.11. The minimum absolute atomic E-state index is 0.000558. The summed E-state index contributed by atoms with van der Waals surface area (Å²) < 4.78 is 10.6. The number of methoxy groups -OCH3 is 1. The molecular weight excluding hydrogens is 342 g/mol. The number of amides is 1. The van der Waals surface area contributed by atoms with E-state index >= 15 is 0 Å². The van der Waals surface area contributed by atoms with Crippen LogP contribution in [0.5, 0.6) is 0 Å². The topological polar surface area (TPSA) is 55.8 Å². The Labute approximate surface area is 152 Å². The number of esters is 1. The van der Waals surface area contributed by atoms with E-state index in [-0.39, 0.29) is 24.3 Å². The van der Waals surface area contributed by atoms with Crippen molar-refractivity contribution < 1.29 is 19.1 Å². The normalized spacial score (nSPS) is 24.0. The maximum atomic E-state index is 12.8. The number of ether oxygens (including phenoxy) is 2. The van der Waals surface area contributed by atoms with Crippen LogP contribution in [0.15, 0.2) is 35.5 Å². The molecule has 1 aromatic carbocycles. The molecule has 1 amide bonds. The Hall–Kier alpha value is -1.85. The predicted octanol–water partition coefficient (Wildman–Crippen LogP) is 3.28. The molecule has 0 radical (unpaired) electrons. The molecule has 1 saturated heterocycles. The average molecular weight is 364 g/mol. The second kappa shape index (κ2) is 7.58. The van der Waals surface area contributed by atoms with Gasteiger partial charge < -0.3 is 14.4 Å². The van der Waals surface area contributed by atoms with Crippen molar-refractivity contribution in [3.05, 3.63) is 46.1 Å². The maximum absolute atomic E-state index is 12.8. The van der Waals surface area contributed by atoms with Gasteiger partial charge in [-0.25, -0.2) is 4.79 Å². The van der Waals surface area contributed by atoms with Crippen molar-refractivity contribution >= 4 is 23.5 Å². The molecule has 2 aliphatic rings. The third kappa shape index (κ3) is 3.72. The number of hydrogen-bond donors (Lipinski definition) is 0. The lowest BCUT2D eigenvalue weighted by atomic mass is 9.83. The van der Waals surface area contributed by atoms with E-state index in [0.717, 1.165) is 25.0 Å². The zero-order chi connectivity index (χ0) is 18.0. The Kier molecular flexibility index (Phi) is 5.45. The highest BCUT2D eigenvalue weighted by molar-refractivity contribution is 6.30. The summed E-state index contributed by atoms with van der Waals surface area (Å²) in [6.45, 7) is 3.02. The lowest BCUT2D eigenvalue weighted by Gasteiger charge is -2.35. The number of allylic oxidation sites excluding steroid dienone is 1. The summed E-state index contributed by atoms with van der Waals surface area (Å²) in [7, 11) is 1.36. The van der Waals surface area contributed by atoms with Crippen LogP contribution in [0.4, 0.5) is 0 Å². The molecule has 2 heterocycles. The van der Waals surface area contributed by atoms with E-state index in [1.54, 1.807) is 24.0 Å². The van der Waals surface area contributed by atoms with Crippen molar-refractivity contribution in [1.82, 2.24) is 4.90 Å². The highest BCUT2D eigenvalue weighted by atomic mass is 35.5. The highest BCUT2D eigenvalue weighted by Gasteiger charge is 2.37. The maximum Gasteiger partial charge on any atom is 0.336 e. The largest absolute Gasteiger partial charge is 0.466 e. The Morgan fingerprint density at radius 3 is 2.68 bits per heavy atom. The summed E-state index contributed by atoms with van der Waals surface area (Å²) in [6.07, 6.45) is 2.21. The fraction of sp³-hybridized carbons (Fsp3) is 0.474. The van der Waals surface area contributed by atoms with Gasteiger partial charge in [0, 0.05) is 29.7 Å². The third-order valence-corrected chi connectivity index (χ3v) is 5.16. The van der Waals surface area contributed by atoms with Gasteiger partial charge >= 0.3 is 5.97 Å². The number of hydrogen-bond acceptors (Lipinski definition) is 4. The lowest BCUT2D eigenvalue weighted by molar-refractivity contribution is -0.138. The molecule has 0 aliphatic carbocycles. The fourth-order valence-electron chi connectivity index (χ4n) is 3.58. The van der Waals surface area contributed by atoms with Crippen molar-refractivity contribution in [3.8, 4) is 0 Å². The number of halogens is 1. The summed E-state index contributed by atoms with van der Waals surface area (Å²) in [4.78, 5) is 26.9. The predicted molar refractivity (Wildman–Crippen MR) is 94.2 cm³/mol. The Bertz CT molecular complexity index is 692. The van der Waals surface area contributed by atoms with Gasteiger partial charge in [-0.2, -0.15) is 0 Å². The molecule has 2 atom stereocenters. The quantitative estimate of drug-likeness (QED) is 0.770. The number of carbonyl (C=O) groups excluding carboxylic acids is 2. The molecule has 1 fully saturated rings. The van der Waals surface area contributed by atoms with Crippen LogP contribution in [0.1, 0.15) is 37.7 Å². The van der Waals surface area contributed by atoms with E-state index in [4.69, 9.17) is 21.1 Å². The molecule has 25 heavy (non-hydrogen) atoms. The molecule has 6 heteroatoms. The van der Waals surface area contributed by atoms with Crippen LogP contribution in [0.2, 0.25) is 5.02 Å². The van der Waals surface area contributed by atoms with Crippen LogP contribution < -0.4 is 0 Å².